The van der Waals surface area contributed by atoms with Gasteiger partial charge in [0.25, 0.3) is 0 Å². The Balaban J connectivity index is 2.01. The molecule has 5 heteroatoms. The zero-order valence-electron chi connectivity index (χ0n) is 10.8. The topological polar surface area (TPSA) is 61.7 Å². The second kappa shape index (κ2) is 9.47. The molecule has 0 saturated carbocycles. The van der Waals surface area contributed by atoms with Gasteiger partial charge in [0.05, 0.1) is 19.3 Å². The molecule has 4 nitrogen and oxygen atoms in total. The Morgan fingerprint density at radius 2 is 2.33 bits per heavy atom. The van der Waals surface area contributed by atoms with Gasteiger partial charge in [-0.05, 0) is 31.2 Å². The van der Waals surface area contributed by atoms with Crippen molar-refractivity contribution in [2.45, 2.75) is 38.5 Å². The number of ether oxygens (including phenoxy) is 1. The molecule has 1 heterocycles. The van der Waals surface area contributed by atoms with Crippen molar-refractivity contribution in [3.8, 4) is 0 Å². The zero-order chi connectivity index (χ0) is 13.2. The number of thiophene rings is 1. The molecule has 2 atom stereocenters. The third-order valence-electron chi connectivity index (χ3n) is 2.63. The maximum atomic E-state index is 9.72. The smallest absolute Gasteiger partial charge is 0.0897 e. The molecular weight excluding hydrogens is 250 g/mol. The van der Waals surface area contributed by atoms with Crippen molar-refractivity contribution in [1.29, 1.82) is 0 Å². The summed E-state index contributed by atoms with van der Waals surface area (Å²) in [6.07, 6.45) is 1.22. The molecule has 0 aliphatic rings. The summed E-state index contributed by atoms with van der Waals surface area (Å²) in [6, 6.07) is 4.32. The summed E-state index contributed by atoms with van der Waals surface area (Å²) in [4.78, 5) is 1.17. The van der Waals surface area contributed by atoms with Crippen molar-refractivity contribution in [2.75, 3.05) is 19.8 Å². The van der Waals surface area contributed by atoms with Gasteiger partial charge in [-0.2, -0.15) is 0 Å². The Hall–Kier alpha value is -0.460. The first kappa shape index (κ1) is 15.6. The lowest BCUT2D eigenvalue weighted by molar-refractivity contribution is 0.0286. The summed E-state index contributed by atoms with van der Waals surface area (Å²) in [5.74, 6) is 0. The van der Waals surface area contributed by atoms with Crippen LogP contribution in [0.4, 0.5) is 0 Å². The van der Waals surface area contributed by atoms with Crippen molar-refractivity contribution in [2.24, 2.45) is 0 Å². The highest BCUT2D eigenvalue weighted by Crippen LogP contribution is 2.09. The fraction of sp³-hybridized carbons (Fsp3) is 0.692. The van der Waals surface area contributed by atoms with Gasteiger partial charge in [-0.15, -0.1) is 11.3 Å². The predicted molar refractivity (Wildman–Crippen MR) is 73.8 cm³/mol. The molecule has 0 fully saturated rings. The third-order valence-corrected chi connectivity index (χ3v) is 3.48. The molecule has 0 aliphatic heterocycles. The third kappa shape index (κ3) is 7.08. The van der Waals surface area contributed by atoms with Gasteiger partial charge < -0.3 is 20.3 Å². The van der Waals surface area contributed by atoms with E-state index >= 15 is 0 Å². The first-order valence-electron chi connectivity index (χ1n) is 6.34. The van der Waals surface area contributed by atoms with Gasteiger partial charge in [0, 0.05) is 24.1 Å². The molecule has 18 heavy (non-hydrogen) atoms. The van der Waals surface area contributed by atoms with E-state index in [9.17, 15) is 5.11 Å². The predicted octanol–water partition coefficient (Wildman–Crippen LogP) is 1.38. The fourth-order valence-corrected chi connectivity index (χ4v) is 2.23. The molecule has 0 spiro atoms. The van der Waals surface area contributed by atoms with Gasteiger partial charge in [0.15, 0.2) is 0 Å². The lowest BCUT2D eigenvalue weighted by Crippen LogP contribution is -2.36. The number of nitrogens with one attached hydrogen (secondary N) is 1. The van der Waals surface area contributed by atoms with E-state index in [1.807, 2.05) is 17.5 Å². The molecule has 104 valence electrons. The average Bonchev–Trinajstić information content (AvgIpc) is 2.87. The SMILES string of the molecule is CC(CCCO)NCC(O)COCc1cccs1. The summed E-state index contributed by atoms with van der Waals surface area (Å²) in [5.41, 5.74) is 0. The van der Waals surface area contributed by atoms with E-state index in [-0.39, 0.29) is 6.61 Å². The molecule has 0 saturated heterocycles. The van der Waals surface area contributed by atoms with Gasteiger partial charge in [0.2, 0.25) is 0 Å². The number of hydrogen-bond donors (Lipinski definition) is 3. The van der Waals surface area contributed by atoms with Gasteiger partial charge in [-0.3, -0.25) is 0 Å². The van der Waals surface area contributed by atoms with Crippen LogP contribution in [0.3, 0.4) is 0 Å². The minimum Gasteiger partial charge on any atom is -0.396 e. The second-order valence-corrected chi connectivity index (χ2v) is 5.46. The van der Waals surface area contributed by atoms with Gasteiger partial charge in [-0.25, -0.2) is 0 Å². The molecule has 1 aromatic rings. The van der Waals surface area contributed by atoms with E-state index in [0.29, 0.717) is 25.8 Å². The fourth-order valence-electron chi connectivity index (χ4n) is 1.59. The van der Waals surface area contributed by atoms with Crippen LogP contribution < -0.4 is 5.32 Å². The lowest BCUT2D eigenvalue weighted by Gasteiger charge is -2.16. The Labute approximate surface area is 113 Å². The van der Waals surface area contributed by atoms with Crippen LogP contribution in [0.1, 0.15) is 24.6 Å². The Morgan fingerprint density at radius 1 is 1.50 bits per heavy atom. The van der Waals surface area contributed by atoms with Crippen molar-refractivity contribution in [3.63, 3.8) is 0 Å². The highest BCUT2D eigenvalue weighted by molar-refractivity contribution is 7.09. The molecule has 0 amide bonds. The largest absolute Gasteiger partial charge is 0.396 e. The number of rotatable bonds is 10. The number of aliphatic hydroxyl groups excluding tert-OH is 2. The van der Waals surface area contributed by atoms with Crippen LogP contribution in [0.2, 0.25) is 0 Å². The highest BCUT2D eigenvalue weighted by atomic mass is 32.1. The van der Waals surface area contributed by atoms with E-state index in [4.69, 9.17) is 9.84 Å². The van der Waals surface area contributed by atoms with Crippen LogP contribution in [0.5, 0.6) is 0 Å². The average molecular weight is 273 g/mol. The summed E-state index contributed by atoms with van der Waals surface area (Å²) in [6.45, 7) is 3.71. The maximum absolute atomic E-state index is 9.72. The molecule has 0 aromatic carbocycles. The standard InChI is InChI=1S/C13H23NO3S/c1-11(4-2-6-15)14-8-12(16)9-17-10-13-5-3-7-18-13/h3,5,7,11-12,14-16H,2,4,6,8-10H2,1H3. The minimum atomic E-state index is -0.485. The number of aliphatic hydroxyl groups is 2. The Kier molecular flexibility index (Phi) is 8.20. The normalized spacial score (nSPS) is 14.6. The van der Waals surface area contributed by atoms with Crippen LogP contribution in [0.25, 0.3) is 0 Å². The first-order valence-corrected chi connectivity index (χ1v) is 7.22. The summed E-state index contributed by atoms with van der Waals surface area (Å²) in [7, 11) is 0. The van der Waals surface area contributed by atoms with Crippen molar-refractivity contribution < 1.29 is 14.9 Å². The molecule has 0 aliphatic carbocycles. The summed E-state index contributed by atoms with van der Waals surface area (Å²) >= 11 is 1.66. The van der Waals surface area contributed by atoms with Crippen LogP contribution in [-0.4, -0.2) is 42.1 Å². The van der Waals surface area contributed by atoms with E-state index < -0.39 is 6.10 Å². The quantitative estimate of drug-likeness (QED) is 0.603. The molecule has 0 radical (unpaired) electrons. The van der Waals surface area contributed by atoms with E-state index in [1.54, 1.807) is 11.3 Å². The highest BCUT2D eigenvalue weighted by Gasteiger charge is 2.07. The van der Waals surface area contributed by atoms with Crippen molar-refractivity contribution >= 4 is 11.3 Å². The lowest BCUT2D eigenvalue weighted by atomic mass is 10.2. The molecular formula is C13H23NO3S. The monoisotopic (exact) mass is 273 g/mol. The van der Waals surface area contributed by atoms with E-state index in [0.717, 1.165) is 12.8 Å². The summed E-state index contributed by atoms with van der Waals surface area (Å²) in [5, 5.41) is 23.7. The van der Waals surface area contributed by atoms with Crippen LogP contribution in [0.15, 0.2) is 17.5 Å². The second-order valence-electron chi connectivity index (χ2n) is 4.42. The van der Waals surface area contributed by atoms with E-state index in [1.165, 1.54) is 4.88 Å². The van der Waals surface area contributed by atoms with Gasteiger partial charge in [-0.1, -0.05) is 6.07 Å². The first-order chi connectivity index (χ1) is 8.72. The molecule has 0 bridgehead atoms. The van der Waals surface area contributed by atoms with Gasteiger partial charge in [0.1, 0.15) is 0 Å². The van der Waals surface area contributed by atoms with Crippen molar-refractivity contribution in [1.82, 2.24) is 5.32 Å². The molecule has 1 rings (SSSR count). The Morgan fingerprint density at radius 3 is 3.00 bits per heavy atom. The Bertz CT molecular complexity index is 292. The number of hydrogen-bond acceptors (Lipinski definition) is 5. The van der Waals surface area contributed by atoms with Gasteiger partial charge >= 0.3 is 0 Å². The molecule has 1 aromatic heterocycles. The zero-order valence-corrected chi connectivity index (χ0v) is 11.7. The summed E-state index contributed by atoms with van der Waals surface area (Å²) < 4.78 is 5.43. The molecule has 2 unspecified atom stereocenters. The van der Waals surface area contributed by atoms with Crippen LogP contribution in [0, 0.1) is 0 Å². The van der Waals surface area contributed by atoms with Crippen LogP contribution >= 0.6 is 11.3 Å². The molecule has 3 N–H and O–H groups in total. The van der Waals surface area contributed by atoms with E-state index in [2.05, 4.69) is 12.2 Å². The van der Waals surface area contributed by atoms with Crippen molar-refractivity contribution in [3.05, 3.63) is 22.4 Å². The maximum Gasteiger partial charge on any atom is 0.0897 e. The van der Waals surface area contributed by atoms with Crippen LogP contribution in [-0.2, 0) is 11.3 Å². The minimum absolute atomic E-state index is 0.221.